The van der Waals surface area contributed by atoms with E-state index in [1.807, 2.05) is 54.0 Å². The molecule has 0 unspecified atom stereocenters. The van der Waals surface area contributed by atoms with Gasteiger partial charge in [0, 0.05) is 21.4 Å². The van der Waals surface area contributed by atoms with E-state index < -0.39 is 0 Å². The number of carbonyl (C=O) groups excluding carboxylic acids is 1. The quantitative estimate of drug-likeness (QED) is 0.303. The first-order valence-corrected chi connectivity index (χ1v) is 11.7. The van der Waals surface area contributed by atoms with Crippen LogP contribution in [0.15, 0.2) is 71.9 Å². The molecule has 0 spiro atoms. The van der Waals surface area contributed by atoms with Gasteiger partial charge in [-0.05, 0) is 61.0 Å². The maximum Gasteiger partial charge on any atom is 0.234 e. The summed E-state index contributed by atoms with van der Waals surface area (Å²) in [6.45, 7) is 1.86. The van der Waals surface area contributed by atoms with E-state index in [-0.39, 0.29) is 11.7 Å². The average molecular weight is 499 g/mol. The second-order valence-electron chi connectivity index (χ2n) is 7.07. The third kappa shape index (κ3) is 5.16. The summed E-state index contributed by atoms with van der Waals surface area (Å²) < 4.78 is 7.41. The van der Waals surface area contributed by atoms with Crippen LogP contribution in [0, 0.1) is 6.92 Å². The third-order valence-corrected chi connectivity index (χ3v) is 6.53. The fraction of sp³-hybridized carbons (Fsp3) is 0.125. The number of nitrogens with zero attached hydrogens (tertiary/aromatic N) is 3. The lowest BCUT2D eigenvalue weighted by Crippen LogP contribution is -2.15. The molecular formula is C24H20Cl2N4O2S. The maximum atomic E-state index is 12.6. The Morgan fingerprint density at radius 1 is 1.03 bits per heavy atom. The van der Waals surface area contributed by atoms with E-state index in [0.717, 1.165) is 16.8 Å². The predicted octanol–water partition coefficient (Wildman–Crippen LogP) is 6.29. The molecule has 6 nitrogen and oxygen atoms in total. The summed E-state index contributed by atoms with van der Waals surface area (Å²) in [5.41, 5.74) is 3.11. The molecule has 1 amide bonds. The average Bonchev–Trinajstić information content (AvgIpc) is 3.25. The first-order chi connectivity index (χ1) is 16.0. The number of anilines is 1. The van der Waals surface area contributed by atoms with Crippen molar-refractivity contribution in [3.8, 4) is 22.8 Å². The highest BCUT2D eigenvalue weighted by molar-refractivity contribution is 7.99. The van der Waals surface area contributed by atoms with Crippen molar-refractivity contribution in [3.63, 3.8) is 0 Å². The van der Waals surface area contributed by atoms with E-state index in [0.29, 0.717) is 32.5 Å². The van der Waals surface area contributed by atoms with Gasteiger partial charge >= 0.3 is 0 Å². The van der Waals surface area contributed by atoms with Gasteiger partial charge in [-0.3, -0.25) is 9.36 Å². The van der Waals surface area contributed by atoms with Crippen LogP contribution in [0.2, 0.25) is 10.0 Å². The van der Waals surface area contributed by atoms with Gasteiger partial charge in [0.2, 0.25) is 5.91 Å². The minimum atomic E-state index is -0.171. The third-order valence-electron chi connectivity index (χ3n) is 4.94. The zero-order valence-electron chi connectivity index (χ0n) is 17.9. The summed E-state index contributed by atoms with van der Waals surface area (Å²) in [5.74, 6) is 1.24. The van der Waals surface area contributed by atoms with Crippen LogP contribution in [-0.4, -0.2) is 33.5 Å². The number of benzene rings is 3. The fourth-order valence-electron chi connectivity index (χ4n) is 3.25. The van der Waals surface area contributed by atoms with Crippen LogP contribution < -0.4 is 10.1 Å². The highest BCUT2D eigenvalue weighted by Gasteiger charge is 2.20. The van der Waals surface area contributed by atoms with Crippen LogP contribution in [-0.2, 0) is 4.79 Å². The second kappa shape index (κ2) is 10.3. The highest BCUT2D eigenvalue weighted by Crippen LogP contribution is 2.33. The van der Waals surface area contributed by atoms with Crippen molar-refractivity contribution in [1.82, 2.24) is 14.8 Å². The molecule has 3 aromatic carbocycles. The molecule has 1 aromatic heterocycles. The SMILES string of the molecule is COc1ccccc1-c1nnc(SCC(=O)Nc2cccc(Cl)c2C)n1-c1ccc(Cl)cc1. The lowest BCUT2D eigenvalue weighted by atomic mass is 10.2. The highest BCUT2D eigenvalue weighted by atomic mass is 35.5. The molecule has 4 aromatic rings. The van der Waals surface area contributed by atoms with Crippen molar-refractivity contribution in [2.75, 3.05) is 18.2 Å². The number of aromatic nitrogens is 3. The van der Waals surface area contributed by atoms with Crippen molar-refractivity contribution in [1.29, 1.82) is 0 Å². The van der Waals surface area contributed by atoms with Gasteiger partial charge in [0.25, 0.3) is 0 Å². The van der Waals surface area contributed by atoms with Crippen molar-refractivity contribution in [2.24, 2.45) is 0 Å². The summed E-state index contributed by atoms with van der Waals surface area (Å²) in [4.78, 5) is 12.6. The van der Waals surface area contributed by atoms with Gasteiger partial charge in [-0.15, -0.1) is 10.2 Å². The number of carbonyl (C=O) groups is 1. The minimum absolute atomic E-state index is 0.142. The number of amides is 1. The van der Waals surface area contributed by atoms with E-state index in [2.05, 4.69) is 15.5 Å². The van der Waals surface area contributed by atoms with E-state index in [9.17, 15) is 4.79 Å². The molecule has 0 fully saturated rings. The topological polar surface area (TPSA) is 69.0 Å². The van der Waals surface area contributed by atoms with Gasteiger partial charge in [-0.1, -0.05) is 53.2 Å². The molecule has 0 aliphatic rings. The number of rotatable bonds is 7. The molecular weight excluding hydrogens is 479 g/mol. The number of halogens is 2. The smallest absolute Gasteiger partial charge is 0.234 e. The van der Waals surface area contributed by atoms with Crippen LogP contribution in [0.3, 0.4) is 0 Å². The standard InChI is InChI=1S/C24H20Cl2N4O2S/c1-15-19(26)7-5-8-20(15)27-22(31)14-33-24-29-28-23(18-6-3-4-9-21(18)32-2)30(24)17-12-10-16(25)11-13-17/h3-13H,14H2,1-2H3,(H,27,31). The Morgan fingerprint density at radius 2 is 1.79 bits per heavy atom. The first kappa shape index (κ1) is 23.2. The summed E-state index contributed by atoms with van der Waals surface area (Å²) in [6, 6.07) is 20.3. The normalized spacial score (nSPS) is 10.8. The number of hydrogen-bond donors (Lipinski definition) is 1. The maximum absolute atomic E-state index is 12.6. The number of hydrogen-bond acceptors (Lipinski definition) is 5. The zero-order chi connectivity index (χ0) is 23.4. The van der Waals surface area contributed by atoms with E-state index in [4.69, 9.17) is 27.9 Å². The van der Waals surface area contributed by atoms with Gasteiger partial charge < -0.3 is 10.1 Å². The molecule has 0 saturated carbocycles. The molecule has 0 saturated heterocycles. The van der Waals surface area contributed by atoms with Crippen LogP contribution in [0.4, 0.5) is 5.69 Å². The Kier molecular flexibility index (Phi) is 7.23. The summed E-state index contributed by atoms with van der Waals surface area (Å²) in [7, 11) is 1.61. The van der Waals surface area contributed by atoms with Gasteiger partial charge in [-0.2, -0.15) is 0 Å². The van der Waals surface area contributed by atoms with Crippen molar-refractivity contribution >= 4 is 46.6 Å². The molecule has 1 N–H and O–H groups in total. The molecule has 1 heterocycles. The molecule has 4 rings (SSSR count). The van der Waals surface area contributed by atoms with Crippen LogP contribution in [0.1, 0.15) is 5.56 Å². The van der Waals surface area contributed by atoms with Gasteiger partial charge in [0.1, 0.15) is 5.75 Å². The van der Waals surface area contributed by atoms with E-state index in [1.165, 1.54) is 11.8 Å². The monoisotopic (exact) mass is 498 g/mol. The molecule has 168 valence electrons. The Hall–Kier alpha value is -3.00. The molecule has 0 atom stereocenters. The molecule has 0 aliphatic heterocycles. The Labute approximate surface area is 205 Å². The largest absolute Gasteiger partial charge is 0.496 e. The van der Waals surface area contributed by atoms with Gasteiger partial charge in [-0.25, -0.2) is 0 Å². The lowest BCUT2D eigenvalue weighted by Gasteiger charge is -2.13. The number of ether oxygens (including phenoxy) is 1. The Balaban J connectivity index is 1.64. The van der Waals surface area contributed by atoms with Crippen LogP contribution >= 0.6 is 35.0 Å². The number of para-hydroxylation sites is 1. The van der Waals surface area contributed by atoms with Crippen molar-refractivity contribution in [3.05, 3.63) is 82.3 Å². The van der Waals surface area contributed by atoms with E-state index >= 15 is 0 Å². The van der Waals surface area contributed by atoms with E-state index in [1.54, 1.807) is 31.4 Å². The summed E-state index contributed by atoms with van der Waals surface area (Å²) >= 11 is 13.5. The second-order valence-corrected chi connectivity index (χ2v) is 8.85. The molecule has 9 heteroatoms. The van der Waals surface area contributed by atoms with Gasteiger partial charge in [0.15, 0.2) is 11.0 Å². The molecule has 0 aliphatic carbocycles. The Bertz CT molecular complexity index is 1290. The van der Waals surface area contributed by atoms with Gasteiger partial charge in [0.05, 0.1) is 18.4 Å². The molecule has 33 heavy (non-hydrogen) atoms. The van der Waals surface area contributed by atoms with Crippen molar-refractivity contribution in [2.45, 2.75) is 12.1 Å². The van der Waals surface area contributed by atoms with Crippen LogP contribution in [0.25, 0.3) is 17.1 Å². The minimum Gasteiger partial charge on any atom is -0.496 e. The Morgan fingerprint density at radius 3 is 2.55 bits per heavy atom. The summed E-state index contributed by atoms with van der Waals surface area (Å²) in [5, 5.41) is 13.5. The lowest BCUT2D eigenvalue weighted by molar-refractivity contribution is -0.113. The number of nitrogens with one attached hydrogen (secondary N) is 1. The van der Waals surface area contributed by atoms with Crippen LogP contribution in [0.5, 0.6) is 5.75 Å². The number of methoxy groups -OCH3 is 1. The zero-order valence-corrected chi connectivity index (χ0v) is 20.2. The molecule has 0 bridgehead atoms. The number of thioether (sulfide) groups is 1. The molecule has 0 radical (unpaired) electrons. The fourth-order valence-corrected chi connectivity index (χ4v) is 4.30. The summed E-state index contributed by atoms with van der Waals surface area (Å²) in [6.07, 6.45) is 0. The predicted molar refractivity (Wildman–Crippen MR) is 134 cm³/mol. The first-order valence-electron chi connectivity index (χ1n) is 10.0. The van der Waals surface area contributed by atoms with Crippen molar-refractivity contribution < 1.29 is 9.53 Å².